The zero-order valence-corrected chi connectivity index (χ0v) is 10.2. The van der Waals surface area contributed by atoms with Gasteiger partial charge in [-0.25, -0.2) is 0 Å². The number of nitrogens with one attached hydrogen (secondary N) is 1. The molecule has 0 radical (unpaired) electrons. The minimum absolute atomic E-state index is 0.915. The molecule has 15 heavy (non-hydrogen) atoms. The summed E-state index contributed by atoms with van der Waals surface area (Å²) in [5.74, 6) is 10.6. The molecule has 0 aliphatic heterocycles. The highest BCUT2D eigenvalue weighted by Gasteiger charge is 2.47. The Bertz CT molecular complexity index is 175. The van der Waals surface area contributed by atoms with Crippen LogP contribution in [0.15, 0.2) is 0 Å². The van der Waals surface area contributed by atoms with E-state index in [9.17, 15) is 0 Å². The summed E-state index contributed by atoms with van der Waals surface area (Å²) in [6.45, 7) is 5.06. The van der Waals surface area contributed by atoms with Crippen molar-refractivity contribution in [2.45, 2.75) is 46.0 Å². The van der Waals surface area contributed by atoms with Gasteiger partial charge in [0, 0.05) is 6.54 Å². The van der Waals surface area contributed by atoms with E-state index in [4.69, 9.17) is 5.84 Å². The van der Waals surface area contributed by atoms with E-state index in [0.717, 1.165) is 36.1 Å². The molecular weight excluding hydrogens is 184 g/mol. The average molecular weight is 210 g/mol. The van der Waals surface area contributed by atoms with Crippen LogP contribution in [0.25, 0.3) is 0 Å². The number of hydrogen-bond acceptors (Lipinski definition) is 2. The third kappa shape index (κ3) is 2.07. The lowest BCUT2D eigenvalue weighted by Crippen LogP contribution is -2.49. The Morgan fingerprint density at radius 3 is 1.80 bits per heavy atom. The van der Waals surface area contributed by atoms with Crippen molar-refractivity contribution in [2.24, 2.45) is 35.4 Å². The van der Waals surface area contributed by atoms with Crippen molar-refractivity contribution in [3.05, 3.63) is 0 Å². The van der Waals surface area contributed by atoms with Crippen LogP contribution in [0.3, 0.4) is 0 Å². The van der Waals surface area contributed by atoms with Crippen LogP contribution in [0.2, 0.25) is 0 Å². The molecule has 0 spiro atoms. The first kappa shape index (κ1) is 11.4. The summed E-state index contributed by atoms with van der Waals surface area (Å²) < 4.78 is 0. The number of rotatable bonds is 2. The second-order valence-corrected chi connectivity index (χ2v) is 5.50. The maximum absolute atomic E-state index is 5.46. The Morgan fingerprint density at radius 2 is 1.40 bits per heavy atom. The van der Waals surface area contributed by atoms with E-state index in [1.165, 1.54) is 25.7 Å². The van der Waals surface area contributed by atoms with Gasteiger partial charge in [-0.15, -0.1) is 0 Å². The molecule has 4 bridgehead atoms. The molecule has 88 valence electrons. The first-order valence-electron chi connectivity index (χ1n) is 6.80. The zero-order valence-electron chi connectivity index (χ0n) is 10.2. The van der Waals surface area contributed by atoms with Gasteiger partial charge in [0.2, 0.25) is 0 Å². The summed E-state index contributed by atoms with van der Waals surface area (Å²) in [5.41, 5.74) is 2.90. The van der Waals surface area contributed by atoms with E-state index in [1.54, 1.807) is 6.42 Å². The summed E-state index contributed by atoms with van der Waals surface area (Å²) >= 11 is 0. The van der Waals surface area contributed by atoms with Gasteiger partial charge < -0.3 is 0 Å². The Balaban J connectivity index is 0.000000404. The van der Waals surface area contributed by atoms with Gasteiger partial charge in [-0.1, -0.05) is 13.8 Å². The molecule has 2 nitrogen and oxygen atoms in total. The van der Waals surface area contributed by atoms with E-state index < -0.39 is 0 Å². The van der Waals surface area contributed by atoms with Crippen LogP contribution in [0, 0.1) is 29.6 Å². The van der Waals surface area contributed by atoms with Crippen LogP contribution < -0.4 is 11.3 Å². The van der Waals surface area contributed by atoms with Crippen LogP contribution in [0.1, 0.15) is 46.0 Å². The summed E-state index contributed by atoms with van der Waals surface area (Å²) in [5, 5.41) is 0. The van der Waals surface area contributed by atoms with Crippen LogP contribution in [-0.2, 0) is 0 Å². The Labute approximate surface area is 94.0 Å². The predicted molar refractivity (Wildman–Crippen MR) is 64.1 cm³/mol. The van der Waals surface area contributed by atoms with Gasteiger partial charge in [0.05, 0.1) is 0 Å². The number of nitrogens with two attached hydrogens (primary N) is 1. The fraction of sp³-hybridized carbons (Fsp3) is 1.00. The van der Waals surface area contributed by atoms with E-state index in [-0.39, 0.29) is 0 Å². The molecular formula is C13H26N2. The Hall–Kier alpha value is -0.0800. The molecule has 2 heteroatoms. The number of hydrazine groups is 1. The summed E-state index contributed by atoms with van der Waals surface area (Å²) in [4.78, 5) is 0. The van der Waals surface area contributed by atoms with Crippen molar-refractivity contribution in [1.29, 1.82) is 0 Å². The summed E-state index contributed by atoms with van der Waals surface area (Å²) in [6, 6.07) is 0. The van der Waals surface area contributed by atoms with Crippen LogP contribution in [0.5, 0.6) is 0 Å². The van der Waals surface area contributed by atoms with E-state index in [2.05, 4.69) is 5.43 Å². The van der Waals surface area contributed by atoms with Crippen LogP contribution in [0.4, 0.5) is 0 Å². The smallest absolute Gasteiger partial charge is 0.0131 e. The first-order valence-corrected chi connectivity index (χ1v) is 6.80. The van der Waals surface area contributed by atoms with Crippen molar-refractivity contribution < 1.29 is 0 Å². The standard InChI is InChI=1S/C11H20N2.C2H6/c12-13-6-11-9-2-7-1-8(4-9)5-10(11)3-7;1-2/h7-11,13H,1-6,12H2;1-2H3. The van der Waals surface area contributed by atoms with Gasteiger partial charge in [0.25, 0.3) is 0 Å². The fourth-order valence-corrected chi connectivity index (χ4v) is 4.51. The highest BCUT2D eigenvalue weighted by atomic mass is 15.2. The van der Waals surface area contributed by atoms with Gasteiger partial charge in [-0.05, 0) is 61.7 Å². The molecule has 4 fully saturated rings. The first-order chi connectivity index (χ1) is 7.36. The zero-order chi connectivity index (χ0) is 10.8. The molecule has 4 aliphatic rings. The molecule has 0 aromatic carbocycles. The van der Waals surface area contributed by atoms with Crippen molar-refractivity contribution in [2.75, 3.05) is 6.54 Å². The molecule has 0 heterocycles. The lowest BCUT2D eigenvalue weighted by Gasteiger charge is -2.54. The van der Waals surface area contributed by atoms with E-state index in [1.807, 2.05) is 13.8 Å². The minimum Gasteiger partial charge on any atom is -0.271 e. The lowest BCUT2D eigenvalue weighted by molar-refractivity contribution is -0.0354. The summed E-state index contributed by atoms with van der Waals surface area (Å²) in [7, 11) is 0. The van der Waals surface area contributed by atoms with Crippen molar-refractivity contribution in [1.82, 2.24) is 5.43 Å². The predicted octanol–water partition coefficient (Wildman–Crippen LogP) is 2.55. The molecule has 0 aromatic rings. The molecule has 4 saturated carbocycles. The minimum atomic E-state index is 0.915. The molecule has 0 atom stereocenters. The van der Waals surface area contributed by atoms with Crippen molar-refractivity contribution >= 4 is 0 Å². The fourth-order valence-electron chi connectivity index (χ4n) is 4.51. The lowest BCUT2D eigenvalue weighted by atomic mass is 9.52. The van der Waals surface area contributed by atoms with Gasteiger partial charge >= 0.3 is 0 Å². The highest BCUT2D eigenvalue weighted by Crippen LogP contribution is 2.56. The molecule has 4 aliphatic carbocycles. The van der Waals surface area contributed by atoms with Crippen LogP contribution >= 0.6 is 0 Å². The van der Waals surface area contributed by atoms with Gasteiger partial charge in [0.1, 0.15) is 0 Å². The third-order valence-electron chi connectivity index (χ3n) is 4.78. The third-order valence-corrected chi connectivity index (χ3v) is 4.78. The molecule has 4 rings (SSSR count). The molecule has 0 amide bonds. The van der Waals surface area contributed by atoms with Crippen molar-refractivity contribution in [3.8, 4) is 0 Å². The SMILES string of the molecule is CC.NNCC1C2CC3CC(C2)CC1C3. The molecule has 0 saturated heterocycles. The Kier molecular flexibility index (Phi) is 3.68. The molecule has 0 aromatic heterocycles. The second kappa shape index (κ2) is 4.84. The second-order valence-electron chi connectivity index (χ2n) is 5.50. The maximum atomic E-state index is 5.46. The Morgan fingerprint density at radius 1 is 0.933 bits per heavy atom. The molecule has 0 unspecified atom stereocenters. The number of hydrogen-bond donors (Lipinski definition) is 2. The quantitative estimate of drug-likeness (QED) is 0.543. The van der Waals surface area contributed by atoms with Gasteiger partial charge in [0.15, 0.2) is 0 Å². The topological polar surface area (TPSA) is 38.0 Å². The molecule has 3 N–H and O–H groups in total. The van der Waals surface area contributed by atoms with E-state index in [0.29, 0.717) is 0 Å². The summed E-state index contributed by atoms with van der Waals surface area (Å²) in [6.07, 6.45) is 7.60. The largest absolute Gasteiger partial charge is 0.271 e. The van der Waals surface area contributed by atoms with Crippen LogP contribution in [-0.4, -0.2) is 6.54 Å². The monoisotopic (exact) mass is 210 g/mol. The highest BCUT2D eigenvalue weighted by molar-refractivity contribution is 4.98. The maximum Gasteiger partial charge on any atom is 0.0131 e. The average Bonchev–Trinajstić information content (AvgIpc) is 2.25. The van der Waals surface area contributed by atoms with Gasteiger partial charge in [-0.2, -0.15) is 0 Å². The normalized spacial score (nSPS) is 46.2. The van der Waals surface area contributed by atoms with Gasteiger partial charge in [-0.3, -0.25) is 11.3 Å². The van der Waals surface area contributed by atoms with Crippen molar-refractivity contribution in [3.63, 3.8) is 0 Å². The van der Waals surface area contributed by atoms with E-state index >= 15 is 0 Å².